The Kier molecular flexibility index (Phi) is 3.86. The van der Waals surface area contributed by atoms with Crippen molar-refractivity contribution >= 4 is 27.9 Å². The summed E-state index contributed by atoms with van der Waals surface area (Å²) in [6.07, 6.45) is 4.00. The summed E-state index contributed by atoms with van der Waals surface area (Å²) >= 11 is 1.61. The van der Waals surface area contributed by atoms with Crippen LogP contribution in [0.4, 0.5) is 5.69 Å². The van der Waals surface area contributed by atoms with Crippen LogP contribution in [0.25, 0.3) is 16.2 Å². The first-order valence-electron chi connectivity index (χ1n) is 8.01. The maximum Gasteiger partial charge on any atom is 0.255 e. The molecule has 0 atom stereocenters. The van der Waals surface area contributed by atoms with Crippen LogP contribution >= 0.6 is 11.3 Å². The van der Waals surface area contributed by atoms with E-state index in [4.69, 9.17) is 0 Å². The largest absolute Gasteiger partial charge is 0.322 e. The number of nitrogens with one attached hydrogen (secondary N) is 1. The number of anilines is 1. The topological polar surface area (TPSA) is 46.4 Å². The summed E-state index contributed by atoms with van der Waals surface area (Å²) in [5.41, 5.74) is 5.48. The van der Waals surface area contributed by atoms with Crippen molar-refractivity contribution in [3.05, 3.63) is 76.9 Å². The highest BCUT2D eigenvalue weighted by Crippen LogP contribution is 2.23. The molecule has 1 amide bonds. The van der Waals surface area contributed by atoms with Gasteiger partial charge in [0.1, 0.15) is 0 Å². The number of nitrogens with zero attached hydrogens (tertiary/aromatic N) is 2. The zero-order valence-corrected chi connectivity index (χ0v) is 14.8. The summed E-state index contributed by atoms with van der Waals surface area (Å²) in [5.74, 6) is -0.0866. The van der Waals surface area contributed by atoms with E-state index in [9.17, 15) is 4.79 Å². The lowest BCUT2D eigenvalue weighted by atomic mass is 10.0. The van der Waals surface area contributed by atoms with E-state index in [0.717, 1.165) is 33.0 Å². The van der Waals surface area contributed by atoms with Crippen molar-refractivity contribution in [1.29, 1.82) is 0 Å². The molecule has 0 saturated heterocycles. The number of aryl methyl sites for hydroxylation is 2. The number of fused-ring (bicyclic) bond motifs is 1. The van der Waals surface area contributed by atoms with E-state index < -0.39 is 0 Å². The predicted octanol–water partition coefficient (Wildman–Crippen LogP) is 4.93. The molecule has 0 unspecified atom stereocenters. The lowest BCUT2D eigenvalue weighted by Gasteiger charge is -2.09. The minimum atomic E-state index is -0.0866. The summed E-state index contributed by atoms with van der Waals surface area (Å²) in [6, 6.07) is 13.7. The molecule has 5 heteroatoms. The molecule has 4 rings (SSSR count). The Morgan fingerprint density at radius 1 is 1.12 bits per heavy atom. The number of hydrogen-bond donors (Lipinski definition) is 1. The third kappa shape index (κ3) is 3.06. The fourth-order valence-electron chi connectivity index (χ4n) is 2.77. The monoisotopic (exact) mass is 347 g/mol. The van der Waals surface area contributed by atoms with Gasteiger partial charge in [-0.2, -0.15) is 0 Å². The molecule has 2 heterocycles. The second-order valence-corrected chi connectivity index (χ2v) is 6.94. The van der Waals surface area contributed by atoms with Gasteiger partial charge in [-0.15, -0.1) is 11.3 Å². The quantitative estimate of drug-likeness (QED) is 0.571. The van der Waals surface area contributed by atoms with Gasteiger partial charge in [0, 0.05) is 34.6 Å². The average Bonchev–Trinajstić information content (AvgIpc) is 3.19. The third-order valence-electron chi connectivity index (χ3n) is 4.17. The second-order valence-electron chi connectivity index (χ2n) is 6.07. The standard InChI is InChI=1S/C20H17N3OS/c1-13-3-4-14(2)17(11-13)19(24)21-16-7-5-15(6-8-16)18-12-23-9-10-25-20(23)22-18/h3-12H,1-2H3,(H,21,24). The molecule has 0 saturated carbocycles. The summed E-state index contributed by atoms with van der Waals surface area (Å²) in [5, 5.41) is 4.98. The Morgan fingerprint density at radius 3 is 2.68 bits per heavy atom. The van der Waals surface area contributed by atoms with E-state index in [-0.39, 0.29) is 5.91 Å². The van der Waals surface area contributed by atoms with E-state index in [1.54, 1.807) is 11.3 Å². The molecule has 25 heavy (non-hydrogen) atoms. The highest BCUT2D eigenvalue weighted by Gasteiger charge is 2.10. The molecule has 124 valence electrons. The second kappa shape index (κ2) is 6.18. The first kappa shape index (κ1) is 15.6. The number of carbonyl (C=O) groups is 1. The molecule has 0 radical (unpaired) electrons. The van der Waals surface area contributed by atoms with Crippen molar-refractivity contribution in [3.8, 4) is 11.3 Å². The van der Waals surface area contributed by atoms with Gasteiger partial charge in [-0.25, -0.2) is 4.98 Å². The number of thiazole rings is 1. The van der Waals surface area contributed by atoms with Gasteiger partial charge in [0.05, 0.1) is 5.69 Å². The van der Waals surface area contributed by atoms with Gasteiger partial charge >= 0.3 is 0 Å². The molecule has 2 aromatic carbocycles. The third-order valence-corrected chi connectivity index (χ3v) is 4.94. The Bertz CT molecular complexity index is 1030. The normalized spacial score (nSPS) is 11.0. The Labute approximate surface area is 149 Å². The molecule has 0 fully saturated rings. The van der Waals surface area contributed by atoms with Crippen molar-refractivity contribution in [2.75, 3.05) is 5.32 Å². The van der Waals surface area contributed by atoms with E-state index in [1.165, 1.54) is 0 Å². The van der Waals surface area contributed by atoms with Gasteiger partial charge in [-0.3, -0.25) is 9.20 Å². The number of benzene rings is 2. The number of aromatic nitrogens is 2. The van der Waals surface area contributed by atoms with Crippen molar-refractivity contribution < 1.29 is 4.79 Å². The van der Waals surface area contributed by atoms with Gasteiger partial charge < -0.3 is 5.32 Å². The van der Waals surface area contributed by atoms with Crippen molar-refractivity contribution in [3.63, 3.8) is 0 Å². The van der Waals surface area contributed by atoms with Crippen LogP contribution in [-0.4, -0.2) is 15.3 Å². The van der Waals surface area contributed by atoms with Gasteiger partial charge in [0.25, 0.3) is 5.91 Å². The number of hydrogen-bond acceptors (Lipinski definition) is 3. The Hall–Kier alpha value is -2.92. The summed E-state index contributed by atoms with van der Waals surface area (Å²) < 4.78 is 2.01. The summed E-state index contributed by atoms with van der Waals surface area (Å²) in [7, 11) is 0. The van der Waals surface area contributed by atoms with Crippen LogP contribution in [0.1, 0.15) is 21.5 Å². The molecular formula is C20H17N3OS. The fraction of sp³-hybridized carbons (Fsp3) is 0.100. The maximum atomic E-state index is 12.5. The lowest BCUT2D eigenvalue weighted by molar-refractivity contribution is 0.102. The van der Waals surface area contributed by atoms with Crippen LogP contribution in [0, 0.1) is 13.8 Å². The first-order chi connectivity index (χ1) is 12.1. The summed E-state index contributed by atoms with van der Waals surface area (Å²) in [4.78, 5) is 18.1. The van der Waals surface area contributed by atoms with E-state index in [2.05, 4.69) is 10.3 Å². The Morgan fingerprint density at radius 2 is 1.92 bits per heavy atom. The van der Waals surface area contributed by atoms with Gasteiger partial charge in [0.15, 0.2) is 4.96 Å². The molecule has 0 bridgehead atoms. The van der Waals surface area contributed by atoms with Crippen LogP contribution in [0.3, 0.4) is 0 Å². The van der Waals surface area contributed by atoms with Crippen LogP contribution in [-0.2, 0) is 0 Å². The van der Waals surface area contributed by atoms with Gasteiger partial charge in [0.2, 0.25) is 0 Å². The zero-order valence-electron chi connectivity index (χ0n) is 14.0. The van der Waals surface area contributed by atoms with E-state index in [1.807, 2.05) is 78.5 Å². The maximum absolute atomic E-state index is 12.5. The molecule has 0 spiro atoms. The lowest BCUT2D eigenvalue weighted by Crippen LogP contribution is -2.13. The molecule has 0 aliphatic rings. The number of rotatable bonds is 3. The molecule has 4 aromatic rings. The van der Waals surface area contributed by atoms with Crippen LogP contribution in [0.15, 0.2) is 60.2 Å². The SMILES string of the molecule is Cc1ccc(C)c(C(=O)Nc2ccc(-c3cn4ccsc4n3)cc2)c1. The van der Waals surface area contributed by atoms with Gasteiger partial charge in [-0.1, -0.05) is 29.8 Å². The van der Waals surface area contributed by atoms with Crippen molar-refractivity contribution in [2.24, 2.45) is 0 Å². The van der Waals surface area contributed by atoms with Crippen LogP contribution < -0.4 is 5.32 Å². The predicted molar refractivity (Wildman–Crippen MR) is 102 cm³/mol. The smallest absolute Gasteiger partial charge is 0.255 e. The van der Waals surface area contributed by atoms with Crippen molar-refractivity contribution in [1.82, 2.24) is 9.38 Å². The van der Waals surface area contributed by atoms with E-state index in [0.29, 0.717) is 5.56 Å². The molecule has 1 N–H and O–H groups in total. The molecule has 0 aliphatic carbocycles. The molecule has 4 nitrogen and oxygen atoms in total. The highest BCUT2D eigenvalue weighted by molar-refractivity contribution is 7.15. The first-order valence-corrected chi connectivity index (χ1v) is 8.89. The minimum absolute atomic E-state index is 0.0866. The number of carbonyl (C=O) groups excluding carboxylic acids is 1. The Balaban J connectivity index is 1.55. The zero-order chi connectivity index (χ0) is 17.4. The molecule has 0 aliphatic heterocycles. The summed E-state index contributed by atoms with van der Waals surface area (Å²) in [6.45, 7) is 3.93. The highest BCUT2D eigenvalue weighted by atomic mass is 32.1. The van der Waals surface area contributed by atoms with Gasteiger partial charge in [-0.05, 0) is 37.6 Å². The molecular weight excluding hydrogens is 330 g/mol. The van der Waals surface area contributed by atoms with Crippen LogP contribution in [0.2, 0.25) is 0 Å². The van der Waals surface area contributed by atoms with Crippen LogP contribution in [0.5, 0.6) is 0 Å². The van der Waals surface area contributed by atoms with E-state index >= 15 is 0 Å². The number of imidazole rings is 1. The minimum Gasteiger partial charge on any atom is -0.322 e. The number of amides is 1. The average molecular weight is 347 g/mol. The fourth-order valence-corrected chi connectivity index (χ4v) is 3.47. The molecule has 2 aromatic heterocycles. The van der Waals surface area contributed by atoms with Crippen molar-refractivity contribution in [2.45, 2.75) is 13.8 Å².